The summed E-state index contributed by atoms with van der Waals surface area (Å²) in [6.45, 7) is 10.6. The summed E-state index contributed by atoms with van der Waals surface area (Å²) in [5.41, 5.74) is 0. The third kappa shape index (κ3) is 3.99. The van der Waals surface area contributed by atoms with Crippen molar-refractivity contribution in [3.8, 4) is 0 Å². The Morgan fingerprint density at radius 2 is 2.32 bits per heavy atom. The first kappa shape index (κ1) is 14.4. The van der Waals surface area contributed by atoms with Crippen LogP contribution in [-0.4, -0.2) is 47.3 Å². The van der Waals surface area contributed by atoms with E-state index in [4.69, 9.17) is 9.26 Å². The van der Waals surface area contributed by atoms with Crippen molar-refractivity contribution in [2.45, 2.75) is 45.9 Å². The molecule has 6 heteroatoms. The van der Waals surface area contributed by atoms with Gasteiger partial charge in [-0.3, -0.25) is 4.90 Å². The molecule has 0 bridgehead atoms. The number of hydrogen-bond donors (Lipinski definition) is 1. The van der Waals surface area contributed by atoms with Crippen LogP contribution in [0.2, 0.25) is 0 Å². The molecule has 1 unspecified atom stereocenters. The van der Waals surface area contributed by atoms with Gasteiger partial charge in [-0.1, -0.05) is 12.1 Å². The van der Waals surface area contributed by atoms with Crippen LogP contribution < -0.4 is 5.32 Å². The van der Waals surface area contributed by atoms with Gasteiger partial charge in [0, 0.05) is 19.1 Å². The van der Waals surface area contributed by atoms with Crippen molar-refractivity contribution in [3.63, 3.8) is 0 Å². The zero-order chi connectivity index (χ0) is 13.7. The quantitative estimate of drug-likeness (QED) is 0.786. The second-order valence-corrected chi connectivity index (χ2v) is 5.17. The van der Waals surface area contributed by atoms with E-state index in [2.05, 4.69) is 41.1 Å². The van der Waals surface area contributed by atoms with Crippen LogP contribution in [0, 0.1) is 0 Å². The van der Waals surface area contributed by atoms with Crippen LogP contribution in [0.1, 0.15) is 45.0 Å². The van der Waals surface area contributed by atoms with Gasteiger partial charge in [-0.2, -0.15) is 4.98 Å². The number of nitrogens with one attached hydrogen (secondary N) is 1. The molecule has 0 aliphatic carbocycles. The highest BCUT2D eigenvalue weighted by Crippen LogP contribution is 2.20. The Morgan fingerprint density at radius 3 is 3.05 bits per heavy atom. The molecular weight excluding hydrogens is 244 g/mol. The Morgan fingerprint density at radius 1 is 1.47 bits per heavy atom. The Kier molecular flexibility index (Phi) is 5.30. The molecule has 1 N–H and O–H groups in total. The zero-order valence-electron chi connectivity index (χ0n) is 12.1. The molecule has 2 rings (SSSR count). The zero-order valence-corrected chi connectivity index (χ0v) is 12.1. The van der Waals surface area contributed by atoms with E-state index in [9.17, 15) is 0 Å². The van der Waals surface area contributed by atoms with Crippen molar-refractivity contribution in [2.75, 3.05) is 26.2 Å². The fourth-order valence-electron chi connectivity index (χ4n) is 2.14. The molecule has 19 heavy (non-hydrogen) atoms. The molecule has 0 aromatic carbocycles. The van der Waals surface area contributed by atoms with Crippen molar-refractivity contribution in [3.05, 3.63) is 11.7 Å². The number of hydrogen-bond acceptors (Lipinski definition) is 6. The molecule has 0 radical (unpaired) electrons. The minimum absolute atomic E-state index is 0.0696. The largest absolute Gasteiger partial charge is 0.367 e. The summed E-state index contributed by atoms with van der Waals surface area (Å²) >= 11 is 0. The SMILES string of the molecule is CCCNCc1nc(C2CN(C(C)C)CCO2)no1. The molecule has 1 aromatic rings. The van der Waals surface area contributed by atoms with E-state index < -0.39 is 0 Å². The molecule has 2 heterocycles. The summed E-state index contributed by atoms with van der Waals surface area (Å²) in [4.78, 5) is 6.78. The van der Waals surface area contributed by atoms with Crippen molar-refractivity contribution in [2.24, 2.45) is 0 Å². The number of morpholine rings is 1. The van der Waals surface area contributed by atoms with Crippen molar-refractivity contribution in [1.82, 2.24) is 20.4 Å². The lowest BCUT2D eigenvalue weighted by Gasteiger charge is -2.34. The monoisotopic (exact) mass is 268 g/mol. The first-order valence-corrected chi connectivity index (χ1v) is 7.09. The van der Waals surface area contributed by atoms with E-state index in [0.29, 0.717) is 24.3 Å². The van der Waals surface area contributed by atoms with E-state index in [1.807, 2.05) is 0 Å². The van der Waals surface area contributed by atoms with Gasteiger partial charge in [-0.25, -0.2) is 0 Å². The maximum absolute atomic E-state index is 5.74. The fourth-order valence-corrected chi connectivity index (χ4v) is 2.14. The topological polar surface area (TPSA) is 63.4 Å². The summed E-state index contributed by atoms with van der Waals surface area (Å²) in [7, 11) is 0. The van der Waals surface area contributed by atoms with Gasteiger partial charge in [-0.05, 0) is 26.8 Å². The lowest BCUT2D eigenvalue weighted by Crippen LogP contribution is -2.42. The Bertz CT molecular complexity index is 380. The fraction of sp³-hybridized carbons (Fsp3) is 0.846. The predicted molar refractivity (Wildman–Crippen MR) is 71.7 cm³/mol. The van der Waals surface area contributed by atoms with Crippen LogP contribution in [0.3, 0.4) is 0 Å². The van der Waals surface area contributed by atoms with Gasteiger partial charge in [0.1, 0.15) is 6.10 Å². The highest BCUT2D eigenvalue weighted by atomic mass is 16.5. The van der Waals surface area contributed by atoms with Gasteiger partial charge in [0.05, 0.1) is 13.2 Å². The molecule has 1 aromatic heterocycles. The molecule has 108 valence electrons. The lowest BCUT2D eigenvalue weighted by atomic mass is 10.2. The smallest absolute Gasteiger partial charge is 0.240 e. The Balaban J connectivity index is 1.90. The van der Waals surface area contributed by atoms with Crippen molar-refractivity contribution < 1.29 is 9.26 Å². The molecule has 0 spiro atoms. The minimum Gasteiger partial charge on any atom is -0.367 e. The first-order valence-electron chi connectivity index (χ1n) is 7.09. The Hall–Kier alpha value is -0.980. The second kappa shape index (κ2) is 6.98. The third-order valence-electron chi connectivity index (χ3n) is 3.30. The van der Waals surface area contributed by atoms with Crippen LogP contribution in [0.25, 0.3) is 0 Å². The van der Waals surface area contributed by atoms with Gasteiger partial charge in [0.2, 0.25) is 11.7 Å². The number of nitrogens with zero attached hydrogens (tertiary/aromatic N) is 3. The van der Waals surface area contributed by atoms with Gasteiger partial charge in [0.25, 0.3) is 0 Å². The molecule has 1 aliphatic rings. The van der Waals surface area contributed by atoms with Crippen molar-refractivity contribution in [1.29, 1.82) is 0 Å². The van der Waals surface area contributed by atoms with Crippen LogP contribution in [0.15, 0.2) is 4.52 Å². The van der Waals surface area contributed by atoms with E-state index >= 15 is 0 Å². The first-order chi connectivity index (χ1) is 9.20. The number of aromatic nitrogens is 2. The molecule has 1 saturated heterocycles. The number of ether oxygens (including phenoxy) is 1. The molecule has 0 saturated carbocycles. The summed E-state index contributed by atoms with van der Waals surface area (Å²) in [6.07, 6.45) is 1.02. The maximum Gasteiger partial charge on any atom is 0.240 e. The molecule has 1 aliphatic heterocycles. The van der Waals surface area contributed by atoms with Crippen LogP contribution in [0.4, 0.5) is 0 Å². The van der Waals surface area contributed by atoms with E-state index in [1.165, 1.54) is 0 Å². The normalized spacial score (nSPS) is 21.2. The standard InChI is InChI=1S/C13H24N4O2/c1-4-5-14-8-12-15-13(16-19-12)11-9-17(10(2)3)6-7-18-11/h10-11,14H,4-9H2,1-3H3. The van der Waals surface area contributed by atoms with E-state index in [-0.39, 0.29) is 6.10 Å². The van der Waals surface area contributed by atoms with Gasteiger partial charge >= 0.3 is 0 Å². The second-order valence-electron chi connectivity index (χ2n) is 5.17. The van der Waals surface area contributed by atoms with Crippen LogP contribution >= 0.6 is 0 Å². The van der Waals surface area contributed by atoms with Crippen molar-refractivity contribution >= 4 is 0 Å². The third-order valence-corrected chi connectivity index (χ3v) is 3.30. The lowest BCUT2D eigenvalue weighted by molar-refractivity contribution is -0.0450. The van der Waals surface area contributed by atoms with Gasteiger partial charge < -0.3 is 14.6 Å². The Labute approximate surface area is 114 Å². The molecule has 1 atom stereocenters. The van der Waals surface area contributed by atoms with Gasteiger partial charge in [0.15, 0.2) is 0 Å². The van der Waals surface area contributed by atoms with E-state index in [1.54, 1.807) is 0 Å². The van der Waals surface area contributed by atoms with Crippen LogP contribution in [-0.2, 0) is 11.3 Å². The van der Waals surface area contributed by atoms with Gasteiger partial charge in [-0.15, -0.1) is 0 Å². The summed E-state index contributed by atoms with van der Waals surface area (Å²) in [5.74, 6) is 1.30. The summed E-state index contributed by atoms with van der Waals surface area (Å²) < 4.78 is 11.0. The van der Waals surface area contributed by atoms with Crippen LogP contribution in [0.5, 0.6) is 0 Å². The van der Waals surface area contributed by atoms with E-state index in [0.717, 1.165) is 32.7 Å². The molecule has 1 fully saturated rings. The minimum atomic E-state index is -0.0696. The summed E-state index contributed by atoms with van der Waals surface area (Å²) in [5, 5.41) is 7.28. The number of rotatable bonds is 6. The summed E-state index contributed by atoms with van der Waals surface area (Å²) in [6, 6.07) is 0.518. The average molecular weight is 268 g/mol. The molecular formula is C13H24N4O2. The molecule has 6 nitrogen and oxygen atoms in total. The maximum atomic E-state index is 5.74. The molecule has 0 amide bonds. The average Bonchev–Trinajstić information content (AvgIpc) is 2.88. The highest BCUT2D eigenvalue weighted by Gasteiger charge is 2.27. The highest BCUT2D eigenvalue weighted by molar-refractivity contribution is 4.94. The predicted octanol–water partition coefficient (Wildman–Crippen LogP) is 1.35.